The van der Waals surface area contributed by atoms with Gasteiger partial charge in [0, 0.05) is 31.0 Å². The lowest BCUT2D eigenvalue weighted by atomic mass is 9.97. The van der Waals surface area contributed by atoms with E-state index in [1.54, 1.807) is 7.11 Å². The molecule has 1 unspecified atom stereocenters. The second-order valence-electron chi connectivity index (χ2n) is 8.14. The van der Waals surface area contributed by atoms with E-state index in [9.17, 15) is 0 Å². The second kappa shape index (κ2) is 10.3. The Hall–Kier alpha value is -1.84. The quantitative estimate of drug-likeness (QED) is 0.371. The third-order valence-electron chi connectivity index (χ3n) is 4.89. The van der Waals surface area contributed by atoms with E-state index in [0.717, 1.165) is 37.8 Å². The van der Waals surface area contributed by atoms with E-state index in [1.165, 1.54) is 5.56 Å². The molecule has 1 aliphatic heterocycles. The highest BCUT2D eigenvalue weighted by molar-refractivity contribution is 14.0. The second-order valence-corrected chi connectivity index (χ2v) is 8.14. The Labute approximate surface area is 190 Å². The first-order valence-electron chi connectivity index (χ1n) is 9.91. The van der Waals surface area contributed by atoms with Crippen LogP contribution in [0.5, 0.6) is 5.75 Å². The Kier molecular flexibility index (Phi) is 8.30. The van der Waals surface area contributed by atoms with Crippen molar-refractivity contribution in [2.45, 2.75) is 52.0 Å². The summed E-state index contributed by atoms with van der Waals surface area (Å²) in [5.41, 5.74) is 1.19. The van der Waals surface area contributed by atoms with Crippen LogP contribution < -0.4 is 10.1 Å². The monoisotopic (exact) mass is 513 g/mol. The molecule has 0 spiro atoms. The number of hydrogen-bond donors (Lipinski definition) is 1. The van der Waals surface area contributed by atoms with Gasteiger partial charge in [0.2, 0.25) is 5.89 Å². The van der Waals surface area contributed by atoms with Crippen LogP contribution in [0.25, 0.3) is 0 Å². The smallest absolute Gasteiger partial charge is 0.232 e. The van der Waals surface area contributed by atoms with Gasteiger partial charge in [-0.25, -0.2) is 4.99 Å². The van der Waals surface area contributed by atoms with Crippen molar-refractivity contribution in [3.63, 3.8) is 0 Å². The average molecular weight is 513 g/mol. The molecule has 160 valence electrons. The predicted octanol–water partition coefficient (Wildman–Crippen LogP) is 3.95. The molecule has 1 N–H and O–H groups in total. The first-order valence-corrected chi connectivity index (χ1v) is 9.91. The molecule has 2 heterocycles. The molecule has 1 aromatic carbocycles. The molecule has 1 aromatic heterocycles. The number of aromatic nitrogens is 2. The lowest BCUT2D eigenvalue weighted by molar-refractivity contribution is 0.318. The highest BCUT2D eigenvalue weighted by Gasteiger charge is 2.26. The van der Waals surface area contributed by atoms with Gasteiger partial charge >= 0.3 is 0 Å². The van der Waals surface area contributed by atoms with Crippen LogP contribution in [0.1, 0.15) is 57.3 Å². The van der Waals surface area contributed by atoms with Crippen molar-refractivity contribution in [3.05, 3.63) is 41.5 Å². The summed E-state index contributed by atoms with van der Waals surface area (Å²) in [7, 11) is 1.69. The largest absolute Gasteiger partial charge is 0.497 e. The molecule has 29 heavy (non-hydrogen) atoms. The molecule has 1 saturated heterocycles. The zero-order valence-electron chi connectivity index (χ0n) is 17.9. The van der Waals surface area contributed by atoms with Gasteiger partial charge in [0.25, 0.3) is 0 Å². The molecular weight excluding hydrogens is 481 g/mol. The topological polar surface area (TPSA) is 75.8 Å². The van der Waals surface area contributed by atoms with Crippen molar-refractivity contribution >= 4 is 29.9 Å². The van der Waals surface area contributed by atoms with E-state index in [1.807, 2.05) is 12.1 Å². The molecule has 8 heteroatoms. The molecule has 3 rings (SSSR count). The summed E-state index contributed by atoms with van der Waals surface area (Å²) in [5, 5.41) is 7.46. The van der Waals surface area contributed by atoms with E-state index >= 15 is 0 Å². The summed E-state index contributed by atoms with van der Waals surface area (Å²) in [4.78, 5) is 11.5. The zero-order valence-corrected chi connectivity index (χ0v) is 20.3. The molecule has 1 atom stereocenters. The summed E-state index contributed by atoms with van der Waals surface area (Å²) < 4.78 is 10.6. The van der Waals surface area contributed by atoms with Crippen molar-refractivity contribution in [2.75, 3.05) is 26.7 Å². The minimum absolute atomic E-state index is 0. The van der Waals surface area contributed by atoms with Crippen LogP contribution in [-0.4, -0.2) is 47.7 Å². The Balaban J connectivity index is 0.00000300. The van der Waals surface area contributed by atoms with Crippen molar-refractivity contribution in [1.82, 2.24) is 20.4 Å². The molecule has 7 nitrogen and oxygen atoms in total. The molecular formula is C21H32IN5O2. The molecule has 2 aromatic rings. The van der Waals surface area contributed by atoms with Crippen LogP contribution >= 0.6 is 24.0 Å². The Morgan fingerprint density at radius 2 is 2.03 bits per heavy atom. The Morgan fingerprint density at radius 3 is 2.62 bits per heavy atom. The minimum Gasteiger partial charge on any atom is -0.497 e. The lowest BCUT2D eigenvalue weighted by Gasteiger charge is -2.21. The first kappa shape index (κ1) is 23.4. The van der Waals surface area contributed by atoms with Crippen LogP contribution in [0.4, 0.5) is 0 Å². The lowest BCUT2D eigenvalue weighted by Crippen LogP contribution is -2.40. The summed E-state index contributed by atoms with van der Waals surface area (Å²) in [6, 6.07) is 8.37. The van der Waals surface area contributed by atoms with Gasteiger partial charge in [-0.05, 0) is 31.0 Å². The SMILES string of the molecule is CCNC(=NCc1noc(C(C)(C)C)n1)N1CCC(c2ccc(OC)cc2)C1.I. The molecule has 0 bridgehead atoms. The van der Waals surface area contributed by atoms with Crippen LogP contribution in [0, 0.1) is 0 Å². The third kappa shape index (κ3) is 6.07. The van der Waals surface area contributed by atoms with Crippen LogP contribution in [0.2, 0.25) is 0 Å². The van der Waals surface area contributed by atoms with Gasteiger partial charge in [-0.1, -0.05) is 38.1 Å². The fraction of sp³-hybridized carbons (Fsp3) is 0.571. The number of benzene rings is 1. The van der Waals surface area contributed by atoms with Crippen LogP contribution in [-0.2, 0) is 12.0 Å². The molecule has 1 fully saturated rings. The van der Waals surface area contributed by atoms with E-state index in [-0.39, 0.29) is 29.4 Å². The highest BCUT2D eigenvalue weighted by atomic mass is 127. The fourth-order valence-electron chi connectivity index (χ4n) is 3.30. The number of ether oxygens (including phenoxy) is 1. The van der Waals surface area contributed by atoms with Crippen molar-refractivity contribution in [1.29, 1.82) is 0 Å². The van der Waals surface area contributed by atoms with Gasteiger partial charge in [0.1, 0.15) is 12.3 Å². The van der Waals surface area contributed by atoms with Crippen molar-refractivity contribution in [3.8, 4) is 5.75 Å². The number of halogens is 1. The van der Waals surface area contributed by atoms with Gasteiger partial charge in [-0.3, -0.25) is 0 Å². The number of aliphatic imine (C=N–C) groups is 1. The van der Waals surface area contributed by atoms with Gasteiger partial charge in [0.05, 0.1) is 7.11 Å². The molecule has 1 aliphatic rings. The number of guanidine groups is 1. The zero-order chi connectivity index (χ0) is 20.1. The predicted molar refractivity (Wildman–Crippen MR) is 125 cm³/mol. The molecule has 0 aliphatic carbocycles. The number of methoxy groups -OCH3 is 1. The van der Waals surface area contributed by atoms with Gasteiger partial charge < -0.3 is 19.5 Å². The first-order chi connectivity index (χ1) is 13.4. The number of rotatable bonds is 5. The standard InChI is InChI=1S/C21H31N5O2.HI/c1-6-22-20(23-13-18-24-19(28-25-18)21(2,3)4)26-12-11-16(14-26)15-7-9-17(27-5)10-8-15;/h7-10,16H,6,11-14H2,1-5H3,(H,22,23);1H. The summed E-state index contributed by atoms with van der Waals surface area (Å²) in [6.45, 7) is 11.4. The maximum Gasteiger partial charge on any atom is 0.232 e. The number of likely N-dealkylation sites (tertiary alicyclic amines) is 1. The summed E-state index contributed by atoms with van der Waals surface area (Å²) in [6.07, 6.45) is 1.10. The highest BCUT2D eigenvalue weighted by Crippen LogP contribution is 2.28. The number of hydrogen-bond acceptors (Lipinski definition) is 5. The molecule has 0 radical (unpaired) electrons. The van der Waals surface area contributed by atoms with E-state index in [4.69, 9.17) is 14.3 Å². The van der Waals surface area contributed by atoms with Crippen molar-refractivity contribution < 1.29 is 9.26 Å². The van der Waals surface area contributed by atoms with Gasteiger partial charge in [-0.15, -0.1) is 24.0 Å². The molecule has 0 saturated carbocycles. The van der Waals surface area contributed by atoms with Gasteiger partial charge in [-0.2, -0.15) is 4.98 Å². The van der Waals surface area contributed by atoms with Gasteiger partial charge in [0.15, 0.2) is 11.8 Å². The van der Waals surface area contributed by atoms with Crippen LogP contribution in [0.15, 0.2) is 33.8 Å². The minimum atomic E-state index is -0.153. The average Bonchev–Trinajstić information content (AvgIpc) is 3.35. The normalized spacial score (nSPS) is 17.2. The third-order valence-corrected chi connectivity index (χ3v) is 4.89. The van der Waals surface area contributed by atoms with E-state index in [2.05, 4.69) is 60.2 Å². The number of nitrogens with zero attached hydrogens (tertiary/aromatic N) is 4. The van der Waals surface area contributed by atoms with Crippen LogP contribution in [0.3, 0.4) is 0 Å². The fourth-order valence-corrected chi connectivity index (χ4v) is 3.30. The molecule has 0 amide bonds. The Morgan fingerprint density at radius 1 is 1.31 bits per heavy atom. The summed E-state index contributed by atoms with van der Waals surface area (Å²) >= 11 is 0. The maximum absolute atomic E-state index is 5.37. The summed E-state index contributed by atoms with van der Waals surface area (Å²) in [5.74, 6) is 3.55. The Bertz CT molecular complexity index is 798. The van der Waals surface area contributed by atoms with E-state index in [0.29, 0.717) is 24.2 Å². The maximum atomic E-state index is 5.37. The number of nitrogens with one attached hydrogen (secondary N) is 1. The van der Waals surface area contributed by atoms with E-state index < -0.39 is 0 Å². The van der Waals surface area contributed by atoms with Crippen molar-refractivity contribution in [2.24, 2.45) is 4.99 Å².